The van der Waals surface area contributed by atoms with Crippen molar-refractivity contribution in [3.05, 3.63) is 70.8 Å². The van der Waals surface area contributed by atoms with Gasteiger partial charge in [-0.05, 0) is 23.8 Å². The molecule has 2 aromatic heterocycles. The largest absolute Gasteiger partial charge is 0.417 e. The summed E-state index contributed by atoms with van der Waals surface area (Å²) in [7, 11) is 0. The first-order chi connectivity index (χ1) is 14.8. The lowest BCUT2D eigenvalue weighted by Crippen LogP contribution is -2.15. The summed E-state index contributed by atoms with van der Waals surface area (Å²) in [4.78, 5) is 21.8. The second kappa shape index (κ2) is 8.86. The summed E-state index contributed by atoms with van der Waals surface area (Å²) in [6, 6.07) is 13.0. The van der Waals surface area contributed by atoms with Crippen LogP contribution in [0.15, 0.2) is 65.3 Å². The molecular formula is C21H13ClF3N3OS2. The van der Waals surface area contributed by atoms with Crippen molar-refractivity contribution in [3.63, 3.8) is 0 Å². The number of fused-ring (bicyclic) bond motifs is 1. The van der Waals surface area contributed by atoms with Crippen LogP contribution in [0.4, 0.5) is 18.9 Å². The van der Waals surface area contributed by atoms with Gasteiger partial charge in [-0.15, -0.1) is 11.3 Å². The zero-order valence-electron chi connectivity index (χ0n) is 15.6. The van der Waals surface area contributed by atoms with E-state index in [1.165, 1.54) is 35.5 Å². The second-order valence-corrected chi connectivity index (χ2v) is 8.63. The predicted molar refractivity (Wildman–Crippen MR) is 119 cm³/mol. The van der Waals surface area contributed by atoms with E-state index >= 15 is 0 Å². The van der Waals surface area contributed by atoms with Crippen LogP contribution in [0.25, 0.3) is 21.3 Å². The van der Waals surface area contributed by atoms with E-state index in [1.807, 2.05) is 35.7 Å². The van der Waals surface area contributed by atoms with Crippen molar-refractivity contribution in [2.24, 2.45) is 0 Å². The Bertz CT molecular complexity index is 1250. The molecule has 0 bridgehead atoms. The molecule has 10 heteroatoms. The molecule has 4 rings (SSSR count). The van der Waals surface area contributed by atoms with E-state index in [0.29, 0.717) is 5.03 Å². The highest BCUT2D eigenvalue weighted by Gasteiger charge is 2.33. The summed E-state index contributed by atoms with van der Waals surface area (Å²) in [5.74, 6) is -0.483. The van der Waals surface area contributed by atoms with Crippen molar-refractivity contribution < 1.29 is 18.0 Å². The van der Waals surface area contributed by atoms with Crippen molar-refractivity contribution in [2.75, 3.05) is 11.1 Å². The van der Waals surface area contributed by atoms with Gasteiger partial charge in [0.1, 0.15) is 16.2 Å². The van der Waals surface area contributed by atoms with Crippen LogP contribution in [0.2, 0.25) is 5.02 Å². The molecule has 0 aliphatic rings. The molecule has 4 nitrogen and oxygen atoms in total. The molecule has 0 saturated heterocycles. The van der Waals surface area contributed by atoms with Crippen molar-refractivity contribution in [1.29, 1.82) is 0 Å². The van der Waals surface area contributed by atoms with Crippen LogP contribution in [0.3, 0.4) is 0 Å². The molecule has 2 aromatic carbocycles. The third-order valence-corrected chi connectivity index (χ3v) is 6.52. The highest BCUT2D eigenvalue weighted by molar-refractivity contribution is 8.00. The Balaban J connectivity index is 1.52. The molecular weight excluding hydrogens is 467 g/mol. The minimum absolute atomic E-state index is 0.0238. The topological polar surface area (TPSA) is 54.9 Å². The lowest BCUT2D eigenvalue weighted by Gasteiger charge is -2.12. The second-order valence-electron chi connectivity index (χ2n) is 6.40. The number of carbonyl (C=O) groups excluding carboxylic acids is 1. The number of rotatable bonds is 5. The maximum Gasteiger partial charge on any atom is 0.417 e. The van der Waals surface area contributed by atoms with Gasteiger partial charge in [0.05, 0.1) is 21.7 Å². The van der Waals surface area contributed by atoms with Gasteiger partial charge in [-0.3, -0.25) is 4.79 Å². The highest BCUT2D eigenvalue weighted by atomic mass is 35.5. The highest BCUT2D eigenvalue weighted by Crippen LogP contribution is 2.38. The van der Waals surface area contributed by atoms with Crippen LogP contribution in [0.1, 0.15) is 5.56 Å². The van der Waals surface area contributed by atoms with Gasteiger partial charge in [0.25, 0.3) is 0 Å². The molecule has 0 saturated carbocycles. The number of anilines is 1. The normalized spacial score (nSPS) is 11.6. The van der Waals surface area contributed by atoms with Gasteiger partial charge in [-0.25, -0.2) is 9.97 Å². The Morgan fingerprint density at radius 3 is 2.65 bits per heavy atom. The number of halogens is 4. The van der Waals surface area contributed by atoms with Crippen molar-refractivity contribution in [1.82, 2.24) is 9.97 Å². The maximum atomic E-state index is 13.0. The van der Waals surface area contributed by atoms with Crippen LogP contribution >= 0.6 is 34.7 Å². The number of nitrogens with zero attached hydrogens (tertiary/aromatic N) is 2. The number of carbonyl (C=O) groups is 1. The molecule has 0 spiro atoms. The molecule has 0 radical (unpaired) electrons. The monoisotopic (exact) mass is 479 g/mol. The maximum absolute atomic E-state index is 13.0. The van der Waals surface area contributed by atoms with Crippen LogP contribution in [-0.4, -0.2) is 21.6 Å². The van der Waals surface area contributed by atoms with E-state index < -0.39 is 22.7 Å². The Morgan fingerprint density at radius 2 is 1.90 bits per heavy atom. The first-order valence-corrected chi connectivity index (χ1v) is 11.1. The standard InChI is InChI=1S/C21H13ClF3N3OS2/c22-16-7-6-13(8-15(16)21(23,24)25)28-17(29)10-31-20-18-14(12-4-2-1-3-5-12)9-30-19(18)26-11-27-20/h1-9,11H,10H2,(H,28,29). The fourth-order valence-corrected chi connectivity index (χ4v) is 4.96. The third kappa shape index (κ3) is 4.84. The number of amides is 1. The predicted octanol–water partition coefficient (Wildman–Crippen LogP) is 6.76. The van der Waals surface area contributed by atoms with Gasteiger partial charge in [0.2, 0.25) is 5.91 Å². The Labute approximate surface area is 188 Å². The number of hydrogen-bond donors (Lipinski definition) is 1. The zero-order valence-corrected chi connectivity index (χ0v) is 18.0. The van der Waals surface area contributed by atoms with E-state index in [9.17, 15) is 18.0 Å². The molecule has 2 heterocycles. The summed E-state index contributed by atoms with van der Waals surface area (Å²) >= 11 is 8.30. The van der Waals surface area contributed by atoms with Crippen molar-refractivity contribution in [3.8, 4) is 11.1 Å². The average molecular weight is 480 g/mol. The molecule has 1 amide bonds. The minimum atomic E-state index is -4.61. The summed E-state index contributed by atoms with van der Waals surface area (Å²) < 4.78 is 39.0. The van der Waals surface area contributed by atoms with Gasteiger partial charge < -0.3 is 5.32 Å². The van der Waals surface area contributed by atoms with Gasteiger partial charge in [0, 0.05) is 16.6 Å². The van der Waals surface area contributed by atoms with Crippen molar-refractivity contribution in [2.45, 2.75) is 11.2 Å². The Morgan fingerprint density at radius 1 is 1.13 bits per heavy atom. The van der Waals surface area contributed by atoms with Gasteiger partial charge >= 0.3 is 6.18 Å². The number of hydrogen-bond acceptors (Lipinski definition) is 5. The lowest BCUT2D eigenvalue weighted by atomic mass is 10.1. The third-order valence-electron chi connectivity index (χ3n) is 4.32. The SMILES string of the molecule is O=C(CSc1ncnc2scc(-c3ccccc3)c12)Nc1ccc(Cl)c(C(F)(F)F)c1. The number of alkyl halides is 3. The Hall–Kier alpha value is -2.62. The smallest absolute Gasteiger partial charge is 0.325 e. The van der Waals surface area contributed by atoms with Crippen molar-refractivity contribution >= 4 is 56.5 Å². The number of nitrogens with one attached hydrogen (secondary N) is 1. The van der Waals surface area contributed by atoms with E-state index in [4.69, 9.17) is 11.6 Å². The number of benzene rings is 2. The zero-order chi connectivity index (χ0) is 22.0. The van der Waals surface area contributed by atoms with E-state index in [2.05, 4.69) is 15.3 Å². The first-order valence-electron chi connectivity index (χ1n) is 8.90. The summed E-state index contributed by atoms with van der Waals surface area (Å²) in [6.07, 6.45) is -3.17. The number of aromatic nitrogens is 2. The first kappa shape index (κ1) is 21.6. The molecule has 0 fully saturated rings. The van der Waals surface area contributed by atoms with Crippen LogP contribution < -0.4 is 5.32 Å². The fraction of sp³-hybridized carbons (Fsp3) is 0.0952. The average Bonchev–Trinajstić information content (AvgIpc) is 3.18. The lowest BCUT2D eigenvalue weighted by molar-refractivity contribution is -0.137. The van der Waals surface area contributed by atoms with Crippen LogP contribution in [0, 0.1) is 0 Å². The quantitative estimate of drug-likeness (QED) is 0.254. The number of thioether (sulfide) groups is 1. The molecule has 4 aromatic rings. The van der Waals surface area contributed by atoms with Gasteiger partial charge in [0.15, 0.2) is 0 Å². The molecule has 0 aliphatic heterocycles. The van der Waals surface area contributed by atoms with Gasteiger partial charge in [-0.2, -0.15) is 13.2 Å². The van der Waals surface area contributed by atoms with Crippen LogP contribution in [0.5, 0.6) is 0 Å². The molecule has 1 N–H and O–H groups in total. The van der Waals surface area contributed by atoms with E-state index in [1.54, 1.807) is 0 Å². The molecule has 0 atom stereocenters. The minimum Gasteiger partial charge on any atom is -0.325 e. The summed E-state index contributed by atoms with van der Waals surface area (Å²) in [5.41, 5.74) is 1.01. The summed E-state index contributed by atoms with van der Waals surface area (Å²) in [5, 5.41) is 5.53. The van der Waals surface area contributed by atoms with Gasteiger partial charge in [-0.1, -0.05) is 53.7 Å². The molecule has 0 unspecified atom stereocenters. The van der Waals surface area contributed by atoms with E-state index in [0.717, 1.165) is 33.5 Å². The molecule has 31 heavy (non-hydrogen) atoms. The van der Waals surface area contributed by atoms with E-state index in [-0.39, 0.29) is 11.4 Å². The molecule has 0 aliphatic carbocycles. The Kier molecular flexibility index (Phi) is 6.17. The fourth-order valence-electron chi connectivity index (χ4n) is 2.94. The van der Waals surface area contributed by atoms with Crippen LogP contribution in [-0.2, 0) is 11.0 Å². The molecule has 158 valence electrons. The summed E-state index contributed by atoms with van der Waals surface area (Å²) in [6.45, 7) is 0. The number of thiophene rings is 1.